The lowest BCUT2D eigenvalue weighted by Crippen LogP contribution is -2.31. The third kappa shape index (κ3) is 6.33. The van der Waals surface area contributed by atoms with E-state index in [0.29, 0.717) is 6.54 Å². The van der Waals surface area contributed by atoms with Crippen LogP contribution in [0.15, 0.2) is 54.6 Å². The molecule has 0 spiro atoms. The summed E-state index contributed by atoms with van der Waals surface area (Å²) in [4.78, 5) is 14.6. The molecule has 2 aromatic carbocycles. The Morgan fingerprint density at radius 1 is 0.960 bits per heavy atom. The largest absolute Gasteiger partial charge is 0.324 e. The number of carbonyl (C=O) groups is 1. The summed E-state index contributed by atoms with van der Waals surface area (Å²) in [6.07, 6.45) is 1.05. The fraction of sp³-hybridized carbons (Fsp3) is 0.381. The zero-order chi connectivity index (χ0) is 17.9. The molecule has 2 aromatic rings. The van der Waals surface area contributed by atoms with Gasteiger partial charge >= 0.3 is 0 Å². The van der Waals surface area contributed by atoms with Crippen LogP contribution >= 0.6 is 0 Å². The highest BCUT2D eigenvalue weighted by Gasteiger charge is 2.07. The third-order valence-corrected chi connectivity index (χ3v) is 4.29. The molecule has 0 aliphatic carbocycles. The highest BCUT2D eigenvalue weighted by molar-refractivity contribution is 5.96. The van der Waals surface area contributed by atoms with Gasteiger partial charge in [-0.25, -0.2) is 0 Å². The molecule has 0 unspecified atom stereocenters. The first-order valence-corrected chi connectivity index (χ1v) is 9.12. The summed E-state index contributed by atoms with van der Waals surface area (Å²) in [6.45, 7) is 8.76. The first kappa shape index (κ1) is 19.2. The lowest BCUT2D eigenvalue weighted by atomic mass is 10.0. The predicted octanol–water partition coefficient (Wildman–Crippen LogP) is 3.61. The van der Waals surface area contributed by atoms with Crippen LogP contribution in [0.25, 0.3) is 11.1 Å². The molecule has 0 aliphatic rings. The van der Waals surface area contributed by atoms with Crippen LogP contribution in [0.5, 0.6) is 0 Å². The van der Waals surface area contributed by atoms with Crippen LogP contribution in [-0.2, 0) is 4.79 Å². The number of hydrogen-bond donors (Lipinski definition) is 2. The SMILES string of the molecule is CCN(CC)CCCNCC(=O)Nc1ccccc1-c1ccccc1. The number of para-hydroxylation sites is 1. The van der Waals surface area contributed by atoms with Gasteiger partial charge in [-0.2, -0.15) is 0 Å². The van der Waals surface area contributed by atoms with Crippen LogP contribution in [0.2, 0.25) is 0 Å². The molecule has 0 heterocycles. The van der Waals surface area contributed by atoms with Crippen LogP contribution < -0.4 is 10.6 Å². The average Bonchev–Trinajstić information content (AvgIpc) is 2.66. The molecule has 0 saturated carbocycles. The number of nitrogens with zero attached hydrogens (tertiary/aromatic N) is 1. The van der Waals surface area contributed by atoms with Crippen molar-refractivity contribution in [3.8, 4) is 11.1 Å². The molecule has 4 heteroatoms. The smallest absolute Gasteiger partial charge is 0.238 e. The van der Waals surface area contributed by atoms with Gasteiger partial charge in [-0.15, -0.1) is 0 Å². The van der Waals surface area contributed by atoms with Crippen LogP contribution in [0.4, 0.5) is 5.69 Å². The van der Waals surface area contributed by atoms with E-state index in [1.165, 1.54) is 0 Å². The Morgan fingerprint density at radius 2 is 1.64 bits per heavy atom. The van der Waals surface area contributed by atoms with E-state index in [-0.39, 0.29) is 5.91 Å². The topological polar surface area (TPSA) is 44.4 Å². The van der Waals surface area contributed by atoms with E-state index in [0.717, 1.165) is 49.4 Å². The minimum absolute atomic E-state index is 0.00813. The molecule has 134 valence electrons. The Labute approximate surface area is 151 Å². The van der Waals surface area contributed by atoms with Crippen LogP contribution in [-0.4, -0.2) is 43.5 Å². The van der Waals surface area contributed by atoms with E-state index in [9.17, 15) is 4.79 Å². The molecule has 0 saturated heterocycles. The van der Waals surface area contributed by atoms with E-state index in [2.05, 4.69) is 41.5 Å². The number of carbonyl (C=O) groups excluding carboxylic acids is 1. The second kappa shape index (κ2) is 10.6. The lowest BCUT2D eigenvalue weighted by molar-refractivity contribution is -0.115. The van der Waals surface area contributed by atoms with Gasteiger partial charge in [-0.05, 0) is 44.2 Å². The van der Waals surface area contributed by atoms with Gasteiger partial charge in [0.2, 0.25) is 5.91 Å². The summed E-state index contributed by atoms with van der Waals surface area (Å²) in [5, 5.41) is 6.25. The second-order valence-corrected chi connectivity index (χ2v) is 6.02. The molecular weight excluding hydrogens is 310 g/mol. The zero-order valence-electron chi connectivity index (χ0n) is 15.3. The van der Waals surface area contributed by atoms with Crippen LogP contribution in [0, 0.1) is 0 Å². The molecule has 0 bridgehead atoms. The van der Waals surface area contributed by atoms with Crippen molar-refractivity contribution >= 4 is 11.6 Å². The van der Waals surface area contributed by atoms with Gasteiger partial charge in [0.05, 0.1) is 6.54 Å². The van der Waals surface area contributed by atoms with E-state index in [1.807, 2.05) is 42.5 Å². The minimum atomic E-state index is -0.00813. The maximum atomic E-state index is 12.2. The Hall–Kier alpha value is -2.17. The standard InChI is InChI=1S/C21H29N3O/c1-3-24(4-2)16-10-15-22-17-21(25)23-20-14-9-8-13-19(20)18-11-6-5-7-12-18/h5-9,11-14,22H,3-4,10,15-17H2,1-2H3,(H,23,25). The highest BCUT2D eigenvalue weighted by Crippen LogP contribution is 2.27. The number of anilines is 1. The first-order chi connectivity index (χ1) is 12.2. The maximum Gasteiger partial charge on any atom is 0.238 e. The first-order valence-electron chi connectivity index (χ1n) is 9.12. The van der Waals surface area contributed by atoms with Crippen molar-refractivity contribution in [3.63, 3.8) is 0 Å². The molecule has 2 N–H and O–H groups in total. The fourth-order valence-electron chi connectivity index (χ4n) is 2.83. The molecule has 0 fully saturated rings. The van der Waals surface area contributed by atoms with Crippen LogP contribution in [0.1, 0.15) is 20.3 Å². The number of hydrogen-bond acceptors (Lipinski definition) is 3. The van der Waals surface area contributed by atoms with E-state index in [1.54, 1.807) is 0 Å². The van der Waals surface area contributed by atoms with Crippen molar-refractivity contribution in [1.82, 2.24) is 10.2 Å². The van der Waals surface area contributed by atoms with Crippen molar-refractivity contribution in [3.05, 3.63) is 54.6 Å². The molecular formula is C21H29N3O. The summed E-state index contributed by atoms with van der Waals surface area (Å²) in [6, 6.07) is 18.0. The lowest BCUT2D eigenvalue weighted by Gasteiger charge is -2.17. The van der Waals surface area contributed by atoms with E-state index < -0.39 is 0 Å². The number of rotatable bonds is 10. The second-order valence-electron chi connectivity index (χ2n) is 6.02. The molecule has 0 atom stereocenters. The van der Waals surface area contributed by atoms with Crippen molar-refractivity contribution in [2.75, 3.05) is 38.0 Å². The zero-order valence-corrected chi connectivity index (χ0v) is 15.3. The van der Waals surface area contributed by atoms with Gasteiger partial charge in [0, 0.05) is 11.3 Å². The molecule has 1 amide bonds. The Balaban J connectivity index is 1.81. The fourth-order valence-corrected chi connectivity index (χ4v) is 2.83. The Morgan fingerprint density at radius 3 is 2.36 bits per heavy atom. The predicted molar refractivity (Wildman–Crippen MR) is 106 cm³/mol. The average molecular weight is 339 g/mol. The minimum Gasteiger partial charge on any atom is -0.324 e. The van der Waals surface area contributed by atoms with Crippen molar-refractivity contribution in [1.29, 1.82) is 0 Å². The van der Waals surface area contributed by atoms with Gasteiger partial charge in [-0.1, -0.05) is 62.4 Å². The number of nitrogens with one attached hydrogen (secondary N) is 2. The number of amides is 1. The van der Waals surface area contributed by atoms with Gasteiger partial charge in [0.15, 0.2) is 0 Å². The van der Waals surface area contributed by atoms with Crippen LogP contribution in [0.3, 0.4) is 0 Å². The maximum absolute atomic E-state index is 12.2. The van der Waals surface area contributed by atoms with Gasteiger partial charge < -0.3 is 15.5 Å². The quantitative estimate of drug-likeness (QED) is 0.650. The van der Waals surface area contributed by atoms with Crippen molar-refractivity contribution < 1.29 is 4.79 Å². The van der Waals surface area contributed by atoms with Crippen molar-refractivity contribution in [2.45, 2.75) is 20.3 Å². The van der Waals surface area contributed by atoms with E-state index >= 15 is 0 Å². The summed E-state index contributed by atoms with van der Waals surface area (Å²) in [7, 11) is 0. The van der Waals surface area contributed by atoms with Gasteiger partial charge in [-0.3, -0.25) is 4.79 Å². The summed E-state index contributed by atoms with van der Waals surface area (Å²) < 4.78 is 0. The normalized spacial score (nSPS) is 10.8. The Kier molecular flexibility index (Phi) is 8.16. The highest BCUT2D eigenvalue weighted by atomic mass is 16.1. The van der Waals surface area contributed by atoms with E-state index in [4.69, 9.17) is 0 Å². The number of benzene rings is 2. The Bertz CT molecular complexity index is 639. The summed E-state index contributed by atoms with van der Waals surface area (Å²) in [5.74, 6) is -0.00813. The van der Waals surface area contributed by atoms with Gasteiger partial charge in [0.25, 0.3) is 0 Å². The monoisotopic (exact) mass is 339 g/mol. The molecule has 4 nitrogen and oxygen atoms in total. The third-order valence-electron chi connectivity index (χ3n) is 4.29. The summed E-state index contributed by atoms with van der Waals surface area (Å²) >= 11 is 0. The van der Waals surface area contributed by atoms with Crippen molar-refractivity contribution in [2.24, 2.45) is 0 Å². The molecule has 0 aliphatic heterocycles. The molecule has 0 aromatic heterocycles. The summed E-state index contributed by atoms with van der Waals surface area (Å²) in [5.41, 5.74) is 2.99. The van der Waals surface area contributed by atoms with Gasteiger partial charge in [0.1, 0.15) is 0 Å². The molecule has 2 rings (SSSR count). The molecule has 25 heavy (non-hydrogen) atoms. The molecule has 0 radical (unpaired) electrons.